The van der Waals surface area contributed by atoms with Gasteiger partial charge in [-0.15, -0.1) is 0 Å². The highest BCUT2D eigenvalue weighted by Crippen LogP contribution is 2.21. The molecule has 3 heterocycles. The van der Waals surface area contributed by atoms with Crippen LogP contribution in [0, 0.1) is 13.8 Å². The van der Waals surface area contributed by atoms with E-state index in [2.05, 4.69) is 44.0 Å². The standard InChI is InChI=1S/C24H28N4O/c1-18-16-23(19(2)28(18)17-21-8-6-7-13-25-21)24(29)26-20-11-14-27(15-12-20)22-9-4-3-5-10-22/h3-10,13,16,20H,11-12,14-15,17H2,1-2H3,(H,26,29). The van der Waals surface area contributed by atoms with Crippen molar-refractivity contribution in [3.63, 3.8) is 0 Å². The van der Waals surface area contributed by atoms with Crippen molar-refractivity contribution in [2.45, 2.75) is 39.3 Å². The summed E-state index contributed by atoms with van der Waals surface area (Å²) in [6, 6.07) is 18.6. The first-order valence-corrected chi connectivity index (χ1v) is 10.3. The summed E-state index contributed by atoms with van der Waals surface area (Å²) in [4.78, 5) is 19.7. The number of carbonyl (C=O) groups excluding carboxylic acids is 1. The van der Waals surface area contributed by atoms with E-state index in [-0.39, 0.29) is 11.9 Å². The Morgan fingerprint density at radius 2 is 1.79 bits per heavy atom. The lowest BCUT2D eigenvalue weighted by atomic mass is 10.0. The van der Waals surface area contributed by atoms with Crippen molar-refractivity contribution >= 4 is 11.6 Å². The SMILES string of the molecule is Cc1cc(C(=O)NC2CCN(c3ccccc3)CC2)c(C)n1Cc1ccccn1. The van der Waals surface area contributed by atoms with Crippen LogP contribution < -0.4 is 10.2 Å². The molecule has 4 rings (SSSR count). The third-order valence-electron chi connectivity index (χ3n) is 5.82. The molecule has 1 amide bonds. The van der Waals surface area contributed by atoms with Crippen molar-refractivity contribution < 1.29 is 4.79 Å². The number of nitrogens with one attached hydrogen (secondary N) is 1. The summed E-state index contributed by atoms with van der Waals surface area (Å²) in [6.45, 7) is 6.68. The number of piperidine rings is 1. The highest BCUT2D eigenvalue weighted by Gasteiger charge is 2.23. The molecule has 5 heteroatoms. The molecular formula is C24H28N4O. The fraction of sp³-hybridized carbons (Fsp3) is 0.333. The van der Waals surface area contributed by atoms with Crippen LogP contribution in [0.15, 0.2) is 60.8 Å². The molecule has 0 spiro atoms. The molecular weight excluding hydrogens is 360 g/mol. The lowest BCUT2D eigenvalue weighted by molar-refractivity contribution is 0.0930. The quantitative estimate of drug-likeness (QED) is 0.720. The number of carbonyl (C=O) groups is 1. The zero-order chi connectivity index (χ0) is 20.2. The van der Waals surface area contributed by atoms with Crippen molar-refractivity contribution in [1.29, 1.82) is 0 Å². The maximum absolute atomic E-state index is 12.9. The number of benzene rings is 1. The minimum Gasteiger partial charge on any atom is -0.371 e. The van der Waals surface area contributed by atoms with Gasteiger partial charge in [-0.25, -0.2) is 0 Å². The van der Waals surface area contributed by atoms with Crippen LogP contribution in [0.1, 0.15) is 40.3 Å². The molecule has 150 valence electrons. The number of anilines is 1. The van der Waals surface area contributed by atoms with Gasteiger partial charge in [0.05, 0.1) is 17.8 Å². The minimum absolute atomic E-state index is 0.0310. The van der Waals surface area contributed by atoms with Crippen LogP contribution in [0.5, 0.6) is 0 Å². The monoisotopic (exact) mass is 388 g/mol. The molecule has 1 aromatic carbocycles. The second-order valence-electron chi connectivity index (χ2n) is 7.76. The van der Waals surface area contributed by atoms with E-state index in [0.717, 1.165) is 48.6 Å². The Morgan fingerprint density at radius 3 is 2.48 bits per heavy atom. The second-order valence-corrected chi connectivity index (χ2v) is 7.76. The van der Waals surface area contributed by atoms with Gasteiger partial charge in [-0.05, 0) is 57.0 Å². The summed E-state index contributed by atoms with van der Waals surface area (Å²) in [5, 5.41) is 3.26. The first-order valence-electron chi connectivity index (χ1n) is 10.3. The van der Waals surface area contributed by atoms with Gasteiger partial charge in [0.15, 0.2) is 0 Å². The first-order chi connectivity index (χ1) is 14.1. The molecule has 1 aliphatic rings. The van der Waals surface area contributed by atoms with Gasteiger partial charge in [0.1, 0.15) is 0 Å². The Bertz CT molecular complexity index is 957. The van der Waals surface area contributed by atoms with Gasteiger partial charge >= 0.3 is 0 Å². The lowest BCUT2D eigenvalue weighted by Gasteiger charge is -2.34. The molecule has 0 atom stereocenters. The van der Waals surface area contributed by atoms with Gasteiger partial charge in [-0.2, -0.15) is 0 Å². The van der Waals surface area contributed by atoms with Crippen molar-refractivity contribution in [1.82, 2.24) is 14.9 Å². The Balaban J connectivity index is 1.39. The highest BCUT2D eigenvalue weighted by atomic mass is 16.1. The predicted molar refractivity (Wildman–Crippen MR) is 116 cm³/mol. The topological polar surface area (TPSA) is 50.2 Å². The summed E-state index contributed by atoms with van der Waals surface area (Å²) in [6.07, 6.45) is 3.74. The molecule has 0 bridgehead atoms. The van der Waals surface area contributed by atoms with E-state index >= 15 is 0 Å². The number of para-hydroxylation sites is 1. The van der Waals surface area contributed by atoms with E-state index < -0.39 is 0 Å². The summed E-state index contributed by atoms with van der Waals surface area (Å²) < 4.78 is 2.16. The molecule has 5 nitrogen and oxygen atoms in total. The van der Waals surface area contributed by atoms with Crippen LogP contribution in [0.25, 0.3) is 0 Å². The van der Waals surface area contributed by atoms with E-state index in [9.17, 15) is 4.79 Å². The van der Waals surface area contributed by atoms with Crippen LogP contribution in [0.4, 0.5) is 5.69 Å². The fourth-order valence-corrected chi connectivity index (χ4v) is 4.11. The first kappa shape index (κ1) is 19.2. The predicted octanol–water partition coefficient (Wildman–Crippen LogP) is 3.95. The third-order valence-corrected chi connectivity index (χ3v) is 5.82. The van der Waals surface area contributed by atoms with Gasteiger partial charge < -0.3 is 14.8 Å². The number of amides is 1. The van der Waals surface area contributed by atoms with Crippen LogP contribution in [0.3, 0.4) is 0 Å². The minimum atomic E-state index is 0.0310. The molecule has 1 N–H and O–H groups in total. The molecule has 3 aromatic rings. The average molecular weight is 389 g/mol. The van der Waals surface area contributed by atoms with Gasteiger partial charge in [0.25, 0.3) is 5.91 Å². The van der Waals surface area contributed by atoms with Crippen molar-refractivity contribution in [3.05, 3.63) is 83.4 Å². The van der Waals surface area contributed by atoms with E-state index in [1.165, 1.54) is 5.69 Å². The van der Waals surface area contributed by atoms with E-state index in [1.54, 1.807) is 6.20 Å². The van der Waals surface area contributed by atoms with Gasteiger partial charge in [-0.1, -0.05) is 24.3 Å². The number of aromatic nitrogens is 2. The molecule has 0 unspecified atom stereocenters. The molecule has 0 aliphatic carbocycles. The van der Waals surface area contributed by atoms with Crippen LogP contribution in [0.2, 0.25) is 0 Å². The van der Waals surface area contributed by atoms with Gasteiger partial charge in [-0.3, -0.25) is 9.78 Å². The normalized spacial score (nSPS) is 14.8. The summed E-state index contributed by atoms with van der Waals surface area (Å²) in [7, 11) is 0. The Morgan fingerprint density at radius 1 is 1.07 bits per heavy atom. The zero-order valence-electron chi connectivity index (χ0n) is 17.1. The largest absolute Gasteiger partial charge is 0.371 e. The van der Waals surface area contributed by atoms with E-state index in [4.69, 9.17) is 0 Å². The molecule has 29 heavy (non-hydrogen) atoms. The Hall–Kier alpha value is -3.08. The van der Waals surface area contributed by atoms with Crippen LogP contribution in [-0.2, 0) is 6.54 Å². The number of hydrogen-bond donors (Lipinski definition) is 1. The Kier molecular flexibility index (Phi) is 5.65. The molecule has 2 aromatic heterocycles. The average Bonchev–Trinajstić information content (AvgIpc) is 3.04. The van der Waals surface area contributed by atoms with E-state index in [0.29, 0.717) is 6.54 Å². The van der Waals surface area contributed by atoms with Crippen molar-refractivity contribution in [3.8, 4) is 0 Å². The molecule has 0 saturated carbocycles. The van der Waals surface area contributed by atoms with Crippen molar-refractivity contribution in [2.75, 3.05) is 18.0 Å². The fourth-order valence-electron chi connectivity index (χ4n) is 4.11. The van der Waals surface area contributed by atoms with Crippen molar-refractivity contribution in [2.24, 2.45) is 0 Å². The number of nitrogens with zero attached hydrogens (tertiary/aromatic N) is 3. The number of pyridine rings is 1. The number of aryl methyl sites for hydroxylation is 1. The Labute approximate surface area is 172 Å². The maximum Gasteiger partial charge on any atom is 0.253 e. The summed E-state index contributed by atoms with van der Waals surface area (Å²) in [5.41, 5.74) is 5.10. The summed E-state index contributed by atoms with van der Waals surface area (Å²) >= 11 is 0. The smallest absolute Gasteiger partial charge is 0.253 e. The van der Waals surface area contributed by atoms with Gasteiger partial charge in [0, 0.05) is 42.4 Å². The van der Waals surface area contributed by atoms with E-state index in [1.807, 2.05) is 44.2 Å². The highest BCUT2D eigenvalue weighted by molar-refractivity contribution is 5.96. The maximum atomic E-state index is 12.9. The summed E-state index contributed by atoms with van der Waals surface area (Å²) in [5.74, 6) is 0.0310. The van der Waals surface area contributed by atoms with Crippen LogP contribution >= 0.6 is 0 Å². The lowest BCUT2D eigenvalue weighted by Crippen LogP contribution is -2.44. The third kappa shape index (κ3) is 4.34. The molecule has 1 aliphatic heterocycles. The second kappa shape index (κ2) is 8.52. The molecule has 1 fully saturated rings. The number of hydrogen-bond acceptors (Lipinski definition) is 3. The van der Waals surface area contributed by atoms with Gasteiger partial charge in [0.2, 0.25) is 0 Å². The number of rotatable bonds is 5. The molecule has 1 saturated heterocycles. The molecule has 0 radical (unpaired) electrons. The zero-order valence-corrected chi connectivity index (χ0v) is 17.1. The van der Waals surface area contributed by atoms with Crippen LogP contribution in [-0.4, -0.2) is 34.6 Å².